The van der Waals surface area contributed by atoms with Crippen molar-refractivity contribution in [1.82, 2.24) is 25.7 Å². The maximum Gasteiger partial charge on any atom is 0.272 e. The summed E-state index contributed by atoms with van der Waals surface area (Å²) in [6, 6.07) is 0.473. The van der Waals surface area contributed by atoms with Gasteiger partial charge in [0, 0.05) is 43.4 Å². The number of nitrogens with one attached hydrogen (secondary N) is 3. The van der Waals surface area contributed by atoms with Crippen molar-refractivity contribution in [2.24, 2.45) is 0 Å². The number of piperidine rings is 1. The van der Waals surface area contributed by atoms with Crippen LogP contribution in [0.3, 0.4) is 0 Å². The molecule has 3 heterocycles. The van der Waals surface area contributed by atoms with Crippen LogP contribution < -0.4 is 10.6 Å². The molecular formula is C15H26ClN5O. The number of carbonyl (C=O) groups is 1. The third kappa shape index (κ3) is 3.62. The minimum atomic E-state index is -0.0437. The number of fused-ring (bicyclic) bond motifs is 1. The van der Waals surface area contributed by atoms with Crippen molar-refractivity contribution in [2.75, 3.05) is 26.2 Å². The molecule has 3 rings (SSSR count). The van der Waals surface area contributed by atoms with Gasteiger partial charge >= 0.3 is 0 Å². The van der Waals surface area contributed by atoms with Gasteiger partial charge in [-0.1, -0.05) is 13.3 Å². The van der Waals surface area contributed by atoms with Crippen LogP contribution in [0.25, 0.3) is 0 Å². The first-order valence-corrected chi connectivity index (χ1v) is 8.08. The lowest BCUT2D eigenvalue weighted by Gasteiger charge is -2.34. The number of likely N-dealkylation sites (tertiary alicyclic amines) is 1. The quantitative estimate of drug-likeness (QED) is 0.774. The molecule has 1 saturated heterocycles. The molecule has 7 heteroatoms. The minimum Gasteiger partial charge on any atom is -0.349 e. The lowest BCUT2D eigenvalue weighted by molar-refractivity contribution is 0.0912. The Morgan fingerprint density at radius 1 is 1.45 bits per heavy atom. The van der Waals surface area contributed by atoms with Gasteiger partial charge in [-0.15, -0.1) is 12.4 Å². The highest BCUT2D eigenvalue weighted by Gasteiger charge is 2.24. The molecule has 3 N–H and O–H groups in total. The van der Waals surface area contributed by atoms with Gasteiger partial charge in [0.05, 0.1) is 0 Å². The van der Waals surface area contributed by atoms with Gasteiger partial charge < -0.3 is 10.6 Å². The first-order valence-electron chi connectivity index (χ1n) is 8.08. The van der Waals surface area contributed by atoms with E-state index in [0.717, 1.165) is 50.4 Å². The van der Waals surface area contributed by atoms with Crippen molar-refractivity contribution in [2.45, 2.75) is 45.2 Å². The summed E-state index contributed by atoms with van der Waals surface area (Å²) < 4.78 is 0. The summed E-state index contributed by atoms with van der Waals surface area (Å²) >= 11 is 0. The fourth-order valence-corrected chi connectivity index (χ4v) is 3.41. The molecule has 0 radical (unpaired) electrons. The second kappa shape index (κ2) is 7.94. The number of rotatable bonds is 4. The van der Waals surface area contributed by atoms with Crippen LogP contribution in [0.1, 0.15) is 47.9 Å². The van der Waals surface area contributed by atoms with E-state index in [0.29, 0.717) is 11.7 Å². The van der Waals surface area contributed by atoms with Crippen LogP contribution >= 0.6 is 12.4 Å². The molecular weight excluding hydrogens is 302 g/mol. The Kier molecular flexibility index (Phi) is 6.23. The standard InChI is InChI=1S/C15H25N5O.ClH/c1-2-20-8-4-3-5-11(20)9-17-15(21)14-12-10-16-7-6-13(12)18-19-14;/h11,16H,2-10H2,1H3,(H,17,21)(H,18,19);1H. The van der Waals surface area contributed by atoms with Crippen molar-refractivity contribution in [3.05, 3.63) is 17.0 Å². The summed E-state index contributed by atoms with van der Waals surface area (Å²) in [7, 11) is 0. The van der Waals surface area contributed by atoms with E-state index in [1.165, 1.54) is 19.3 Å². The number of aromatic amines is 1. The first-order chi connectivity index (χ1) is 10.3. The number of hydrogen-bond donors (Lipinski definition) is 3. The van der Waals surface area contributed by atoms with Gasteiger partial charge in [-0.25, -0.2) is 0 Å². The van der Waals surface area contributed by atoms with E-state index < -0.39 is 0 Å². The van der Waals surface area contributed by atoms with Crippen molar-refractivity contribution in [1.29, 1.82) is 0 Å². The topological polar surface area (TPSA) is 73.0 Å². The Balaban J connectivity index is 0.00000176. The van der Waals surface area contributed by atoms with Crippen LogP contribution in [0.2, 0.25) is 0 Å². The molecule has 1 aromatic rings. The molecule has 1 aromatic heterocycles. The molecule has 124 valence electrons. The Morgan fingerprint density at radius 3 is 3.14 bits per heavy atom. The zero-order valence-corrected chi connectivity index (χ0v) is 14.0. The molecule has 0 bridgehead atoms. The number of nitrogens with zero attached hydrogens (tertiary/aromatic N) is 2. The average molecular weight is 328 g/mol. The summed E-state index contributed by atoms with van der Waals surface area (Å²) in [5.74, 6) is -0.0437. The average Bonchev–Trinajstić information content (AvgIpc) is 2.97. The molecule has 1 atom stereocenters. The second-order valence-electron chi connectivity index (χ2n) is 5.94. The Labute approximate surface area is 137 Å². The van der Waals surface area contributed by atoms with Crippen LogP contribution in [-0.4, -0.2) is 53.2 Å². The van der Waals surface area contributed by atoms with Crippen LogP contribution in [0.4, 0.5) is 0 Å². The Hall–Kier alpha value is -1.11. The summed E-state index contributed by atoms with van der Waals surface area (Å²) in [6.07, 6.45) is 4.63. The van der Waals surface area contributed by atoms with Gasteiger partial charge in [0.15, 0.2) is 5.69 Å². The molecule has 2 aliphatic rings. The highest BCUT2D eigenvalue weighted by atomic mass is 35.5. The van der Waals surface area contributed by atoms with Gasteiger partial charge in [0.1, 0.15) is 0 Å². The number of hydrogen-bond acceptors (Lipinski definition) is 4. The number of likely N-dealkylation sites (N-methyl/N-ethyl adjacent to an activating group) is 1. The number of aromatic nitrogens is 2. The predicted octanol–water partition coefficient (Wildman–Crippen LogP) is 1.08. The van der Waals surface area contributed by atoms with E-state index in [4.69, 9.17) is 0 Å². The number of H-pyrrole nitrogens is 1. The molecule has 0 saturated carbocycles. The van der Waals surface area contributed by atoms with E-state index >= 15 is 0 Å². The zero-order valence-electron chi connectivity index (χ0n) is 13.2. The molecule has 0 spiro atoms. The summed E-state index contributed by atoms with van der Waals surface area (Å²) in [5.41, 5.74) is 2.71. The molecule has 2 aliphatic heterocycles. The molecule has 0 aromatic carbocycles. The maximum atomic E-state index is 12.4. The van der Waals surface area contributed by atoms with E-state index in [9.17, 15) is 4.79 Å². The summed E-state index contributed by atoms with van der Waals surface area (Å²) in [6.45, 7) is 6.81. The number of carbonyl (C=O) groups excluding carboxylic acids is 1. The SMILES string of the molecule is CCN1CCCCC1CNC(=O)c1n[nH]c2c1CNCC2.Cl. The largest absolute Gasteiger partial charge is 0.349 e. The van der Waals surface area contributed by atoms with E-state index in [2.05, 4.69) is 32.7 Å². The van der Waals surface area contributed by atoms with Gasteiger partial charge in [-0.05, 0) is 25.9 Å². The molecule has 1 unspecified atom stereocenters. The second-order valence-corrected chi connectivity index (χ2v) is 5.94. The molecule has 6 nitrogen and oxygen atoms in total. The van der Waals surface area contributed by atoms with Gasteiger partial charge in [0.2, 0.25) is 0 Å². The van der Waals surface area contributed by atoms with Gasteiger partial charge in [0.25, 0.3) is 5.91 Å². The normalized spacial score (nSPS) is 21.8. The summed E-state index contributed by atoms with van der Waals surface area (Å²) in [4.78, 5) is 14.8. The van der Waals surface area contributed by atoms with Gasteiger partial charge in [-0.2, -0.15) is 5.10 Å². The third-order valence-electron chi connectivity index (χ3n) is 4.67. The zero-order chi connectivity index (χ0) is 14.7. The van der Waals surface area contributed by atoms with Crippen molar-refractivity contribution >= 4 is 18.3 Å². The minimum absolute atomic E-state index is 0. The number of halogens is 1. The van der Waals surface area contributed by atoms with Crippen LogP contribution in [0, 0.1) is 0 Å². The summed E-state index contributed by atoms with van der Waals surface area (Å²) in [5, 5.41) is 13.6. The number of amides is 1. The Bertz CT molecular complexity index is 504. The molecule has 0 aliphatic carbocycles. The lowest BCUT2D eigenvalue weighted by atomic mass is 10.0. The van der Waals surface area contributed by atoms with E-state index in [1.807, 2.05) is 0 Å². The fraction of sp³-hybridized carbons (Fsp3) is 0.733. The predicted molar refractivity (Wildman–Crippen MR) is 88.5 cm³/mol. The monoisotopic (exact) mass is 327 g/mol. The highest BCUT2D eigenvalue weighted by molar-refractivity contribution is 5.94. The fourth-order valence-electron chi connectivity index (χ4n) is 3.41. The molecule has 22 heavy (non-hydrogen) atoms. The van der Waals surface area contributed by atoms with Crippen molar-refractivity contribution in [3.63, 3.8) is 0 Å². The van der Waals surface area contributed by atoms with Crippen LogP contribution in [-0.2, 0) is 13.0 Å². The van der Waals surface area contributed by atoms with Gasteiger partial charge in [-0.3, -0.25) is 14.8 Å². The molecule has 1 amide bonds. The van der Waals surface area contributed by atoms with E-state index in [-0.39, 0.29) is 18.3 Å². The lowest BCUT2D eigenvalue weighted by Crippen LogP contribution is -2.46. The smallest absolute Gasteiger partial charge is 0.272 e. The first kappa shape index (κ1) is 17.2. The van der Waals surface area contributed by atoms with Crippen molar-refractivity contribution < 1.29 is 4.79 Å². The Morgan fingerprint density at radius 2 is 2.32 bits per heavy atom. The van der Waals surface area contributed by atoms with Crippen LogP contribution in [0.15, 0.2) is 0 Å². The maximum absolute atomic E-state index is 12.4. The highest BCUT2D eigenvalue weighted by Crippen LogP contribution is 2.17. The third-order valence-corrected chi connectivity index (χ3v) is 4.67. The van der Waals surface area contributed by atoms with Crippen LogP contribution in [0.5, 0.6) is 0 Å². The van der Waals surface area contributed by atoms with Crippen molar-refractivity contribution in [3.8, 4) is 0 Å². The van der Waals surface area contributed by atoms with E-state index in [1.54, 1.807) is 0 Å². The molecule has 1 fully saturated rings.